The number of rotatable bonds is 6. The van der Waals surface area contributed by atoms with Gasteiger partial charge in [0.25, 0.3) is 5.91 Å². The van der Waals surface area contributed by atoms with Gasteiger partial charge in [0, 0.05) is 5.69 Å². The van der Waals surface area contributed by atoms with Gasteiger partial charge in [0.1, 0.15) is 16.6 Å². The topological polar surface area (TPSA) is 58.6 Å². The fourth-order valence-corrected chi connectivity index (χ4v) is 3.74. The molecule has 27 heavy (non-hydrogen) atoms. The fourth-order valence-electron chi connectivity index (χ4n) is 2.48. The summed E-state index contributed by atoms with van der Waals surface area (Å²) >= 11 is 6.48. The molecule has 0 aliphatic carbocycles. The van der Waals surface area contributed by atoms with Gasteiger partial charge in [-0.2, -0.15) is 0 Å². The second-order valence-corrected chi connectivity index (χ2v) is 7.36. The summed E-state index contributed by atoms with van der Waals surface area (Å²) in [5, 5.41) is 2.77. The van der Waals surface area contributed by atoms with Crippen molar-refractivity contribution < 1.29 is 14.3 Å². The molecule has 0 bridgehead atoms. The van der Waals surface area contributed by atoms with Gasteiger partial charge >= 0.3 is 0 Å². The minimum atomic E-state index is -0.309. The number of thiocarbonyl (C=S) groups is 1. The number of ether oxygens (including phenoxy) is 1. The normalized spacial score (nSPS) is 15.3. The Hall–Kier alpha value is -2.64. The summed E-state index contributed by atoms with van der Waals surface area (Å²) in [6.07, 6.45) is 1.78. The Bertz CT molecular complexity index is 880. The molecule has 0 aromatic heterocycles. The average Bonchev–Trinajstić information content (AvgIpc) is 2.92. The lowest BCUT2D eigenvalue weighted by Crippen LogP contribution is -2.36. The highest BCUT2D eigenvalue weighted by atomic mass is 32.2. The molecule has 7 heteroatoms. The highest BCUT2D eigenvalue weighted by Gasteiger charge is 2.33. The third-order valence-electron chi connectivity index (χ3n) is 3.72. The number of carbonyl (C=O) groups is 2. The number of thioether (sulfide) groups is 1. The van der Waals surface area contributed by atoms with E-state index in [4.69, 9.17) is 17.0 Å². The maximum Gasteiger partial charge on any atom is 0.266 e. The van der Waals surface area contributed by atoms with Crippen LogP contribution in [0.1, 0.15) is 12.5 Å². The van der Waals surface area contributed by atoms with Crippen LogP contribution < -0.4 is 10.1 Å². The predicted octanol–water partition coefficient (Wildman–Crippen LogP) is 3.93. The largest absolute Gasteiger partial charge is 0.494 e. The van der Waals surface area contributed by atoms with Crippen LogP contribution in [0, 0.1) is 0 Å². The van der Waals surface area contributed by atoms with Crippen LogP contribution >= 0.6 is 24.0 Å². The van der Waals surface area contributed by atoms with Crippen molar-refractivity contribution in [1.82, 2.24) is 4.90 Å². The fraction of sp³-hybridized carbons (Fsp3) is 0.150. The van der Waals surface area contributed by atoms with E-state index >= 15 is 0 Å². The van der Waals surface area contributed by atoms with Crippen molar-refractivity contribution in [3.05, 3.63) is 65.1 Å². The molecular formula is C20H18N2O3S2. The van der Waals surface area contributed by atoms with Gasteiger partial charge in [-0.1, -0.05) is 54.3 Å². The maximum absolute atomic E-state index is 12.6. The van der Waals surface area contributed by atoms with Crippen LogP contribution in [0.2, 0.25) is 0 Å². The van der Waals surface area contributed by atoms with Gasteiger partial charge in [0.05, 0.1) is 11.5 Å². The third-order valence-corrected chi connectivity index (χ3v) is 5.10. The molecule has 138 valence electrons. The van der Waals surface area contributed by atoms with Crippen LogP contribution in [0.5, 0.6) is 5.75 Å². The molecule has 0 radical (unpaired) electrons. The Kier molecular flexibility index (Phi) is 6.26. The van der Waals surface area contributed by atoms with E-state index in [-0.39, 0.29) is 18.4 Å². The highest BCUT2D eigenvalue weighted by Crippen LogP contribution is 2.32. The molecule has 1 aliphatic rings. The molecule has 0 saturated carbocycles. The number of nitrogens with one attached hydrogen (secondary N) is 1. The van der Waals surface area contributed by atoms with E-state index < -0.39 is 0 Å². The van der Waals surface area contributed by atoms with Crippen LogP contribution in [0.25, 0.3) is 6.08 Å². The zero-order valence-corrected chi connectivity index (χ0v) is 16.3. The minimum Gasteiger partial charge on any atom is -0.494 e. The Morgan fingerprint density at radius 3 is 2.56 bits per heavy atom. The molecule has 1 fully saturated rings. The van der Waals surface area contributed by atoms with Gasteiger partial charge in [-0.15, -0.1) is 0 Å². The van der Waals surface area contributed by atoms with Gasteiger partial charge in [-0.05, 0) is 42.8 Å². The molecule has 2 amide bonds. The van der Waals surface area contributed by atoms with Crippen LogP contribution in [0.4, 0.5) is 5.69 Å². The van der Waals surface area contributed by atoms with E-state index in [0.29, 0.717) is 21.5 Å². The summed E-state index contributed by atoms with van der Waals surface area (Å²) in [5.74, 6) is 0.172. The lowest BCUT2D eigenvalue weighted by molar-refractivity contribution is -0.126. The molecule has 1 heterocycles. The quantitative estimate of drug-likeness (QED) is 0.590. The Morgan fingerprint density at radius 2 is 1.89 bits per heavy atom. The molecule has 1 N–H and O–H groups in total. The van der Waals surface area contributed by atoms with Gasteiger partial charge in [-0.25, -0.2) is 0 Å². The Labute approximate surface area is 167 Å². The highest BCUT2D eigenvalue weighted by molar-refractivity contribution is 8.26. The van der Waals surface area contributed by atoms with E-state index in [2.05, 4.69) is 5.32 Å². The summed E-state index contributed by atoms with van der Waals surface area (Å²) in [5.41, 5.74) is 1.55. The van der Waals surface area contributed by atoms with Crippen molar-refractivity contribution in [3.8, 4) is 5.75 Å². The summed E-state index contributed by atoms with van der Waals surface area (Å²) in [7, 11) is 0. The zero-order valence-electron chi connectivity index (χ0n) is 14.7. The first kappa shape index (κ1) is 19.1. The van der Waals surface area contributed by atoms with Crippen LogP contribution in [-0.2, 0) is 9.59 Å². The minimum absolute atomic E-state index is 0.121. The number of benzene rings is 2. The standard InChI is InChI=1S/C20H18N2O3S2/c1-2-25-16-10-8-15(9-11-16)21-18(23)13-22-19(24)17(27-20(22)26)12-14-6-4-3-5-7-14/h3-12H,2,13H2,1H3,(H,21,23)/b17-12-. The van der Waals surface area contributed by atoms with E-state index in [9.17, 15) is 9.59 Å². The van der Waals surface area contributed by atoms with Crippen LogP contribution in [-0.4, -0.2) is 34.2 Å². The first-order valence-electron chi connectivity index (χ1n) is 8.40. The molecule has 0 unspecified atom stereocenters. The average molecular weight is 399 g/mol. The Morgan fingerprint density at radius 1 is 1.19 bits per heavy atom. The smallest absolute Gasteiger partial charge is 0.266 e. The second kappa shape index (κ2) is 8.83. The molecule has 2 aromatic rings. The second-order valence-electron chi connectivity index (χ2n) is 5.68. The molecule has 3 rings (SSSR count). The van der Waals surface area contributed by atoms with Gasteiger partial charge in [-0.3, -0.25) is 14.5 Å². The number of carbonyl (C=O) groups excluding carboxylic acids is 2. The Balaban J connectivity index is 1.63. The van der Waals surface area contributed by atoms with Gasteiger partial charge < -0.3 is 10.1 Å². The van der Waals surface area contributed by atoms with E-state index in [1.165, 1.54) is 16.7 Å². The summed E-state index contributed by atoms with van der Waals surface area (Å²) < 4.78 is 5.75. The first-order chi connectivity index (χ1) is 13.1. The number of hydrogen-bond acceptors (Lipinski definition) is 5. The van der Waals surface area contributed by atoms with Crippen molar-refractivity contribution in [2.75, 3.05) is 18.5 Å². The zero-order chi connectivity index (χ0) is 19.2. The monoisotopic (exact) mass is 398 g/mol. The number of anilines is 1. The molecule has 2 aromatic carbocycles. The van der Waals surface area contributed by atoms with Crippen molar-refractivity contribution in [1.29, 1.82) is 0 Å². The van der Waals surface area contributed by atoms with Crippen molar-refractivity contribution in [3.63, 3.8) is 0 Å². The van der Waals surface area contributed by atoms with Crippen molar-refractivity contribution in [2.24, 2.45) is 0 Å². The number of nitrogens with zero attached hydrogens (tertiary/aromatic N) is 1. The SMILES string of the molecule is CCOc1ccc(NC(=O)CN2C(=O)/C(=C/c3ccccc3)SC2=S)cc1. The van der Waals surface area contributed by atoms with E-state index in [0.717, 1.165) is 11.3 Å². The van der Waals surface area contributed by atoms with Crippen LogP contribution in [0.3, 0.4) is 0 Å². The van der Waals surface area contributed by atoms with E-state index in [1.54, 1.807) is 30.3 Å². The van der Waals surface area contributed by atoms with Crippen molar-refractivity contribution >= 4 is 51.9 Å². The molecule has 1 saturated heterocycles. The number of amides is 2. The molecule has 0 atom stereocenters. The maximum atomic E-state index is 12.6. The van der Waals surface area contributed by atoms with Gasteiger partial charge in [0.15, 0.2) is 0 Å². The lowest BCUT2D eigenvalue weighted by atomic mass is 10.2. The number of hydrogen-bond donors (Lipinski definition) is 1. The predicted molar refractivity (Wildman–Crippen MR) is 113 cm³/mol. The molecule has 1 aliphatic heterocycles. The lowest BCUT2D eigenvalue weighted by Gasteiger charge is -2.14. The van der Waals surface area contributed by atoms with Crippen LogP contribution in [0.15, 0.2) is 59.5 Å². The molecular weight excluding hydrogens is 380 g/mol. The molecule has 0 spiro atoms. The summed E-state index contributed by atoms with van der Waals surface area (Å²) in [4.78, 5) is 26.7. The first-order valence-corrected chi connectivity index (χ1v) is 9.62. The van der Waals surface area contributed by atoms with Gasteiger partial charge in [0.2, 0.25) is 5.91 Å². The van der Waals surface area contributed by atoms with E-state index in [1.807, 2.05) is 37.3 Å². The van der Waals surface area contributed by atoms with Crippen molar-refractivity contribution in [2.45, 2.75) is 6.92 Å². The summed E-state index contributed by atoms with van der Waals surface area (Å²) in [6.45, 7) is 2.37. The third kappa shape index (κ3) is 4.96. The molecule has 5 nitrogen and oxygen atoms in total. The summed E-state index contributed by atoms with van der Waals surface area (Å²) in [6, 6.07) is 16.6.